The van der Waals surface area contributed by atoms with Gasteiger partial charge in [0.05, 0.1) is 0 Å². The lowest BCUT2D eigenvalue weighted by molar-refractivity contribution is 0.0993. The quantitative estimate of drug-likeness (QED) is 0.245. The van der Waals surface area contributed by atoms with Crippen molar-refractivity contribution in [3.05, 3.63) is 131 Å². The predicted molar refractivity (Wildman–Crippen MR) is 127 cm³/mol. The maximum Gasteiger partial charge on any atom is 0.167 e. The Kier molecular flexibility index (Phi) is 8.41. The second-order valence-corrected chi connectivity index (χ2v) is 7.66. The zero-order valence-corrected chi connectivity index (χ0v) is 17.6. The molecule has 0 heterocycles. The fourth-order valence-corrected chi connectivity index (χ4v) is 3.61. The van der Waals surface area contributed by atoms with Crippen LogP contribution in [0.1, 0.15) is 47.2 Å². The number of carbonyl (C=O) groups is 1. The van der Waals surface area contributed by atoms with E-state index in [1.54, 1.807) is 0 Å². The first-order chi connectivity index (χ1) is 14.7. The molecule has 3 rings (SSSR count). The highest BCUT2D eigenvalue weighted by molar-refractivity contribution is 5.97. The number of benzene rings is 3. The van der Waals surface area contributed by atoms with E-state index >= 15 is 0 Å². The lowest BCUT2D eigenvalue weighted by atomic mass is 9.93. The van der Waals surface area contributed by atoms with Crippen LogP contribution in [0.2, 0.25) is 0 Å². The Morgan fingerprint density at radius 3 is 1.87 bits per heavy atom. The number of rotatable bonds is 11. The Bertz CT molecular complexity index is 953. The van der Waals surface area contributed by atoms with E-state index in [0.717, 1.165) is 48.8 Å². The number of carbonyl (C=O) groups excluding carboxylic acids is 1. The van der Waals surface area contributed by atoms with Crippen LogP contribution in [0.4, 0.5) is 0 Å². The number of allylic oxidation sites excluding steroid dienone is 3. The van der Waals surface area contributed by atoms with Gasteiger partial charge in [-0.15, -0.1) is 0 Å². The molecule has 0 bridgehead atoms. The number of Topliss-reactive ketones (excluding diaryl/α,β-unsaturated/α-hetero) is 1. The predicted octanol–water partition coefficient (Wildman–Crippen LogP) is 7.40. The molecule has 152 valence electrons. The zero-order valence-electron chi connectivity index (χ0n) is 17.6. The molecule has 0 aromatic heterocycles. The third-order valence-electron chi connectivity index (χ3n) is 5.35. The van der Waals surface area contributed by atoms with Crippen molar-refractivity contribution in [2.75, 3.05) is 0 Å². The standard InChI is InChI=1S/C29H30O/c1-24(13-11-18-25-14-5-2-6-15-25)28(22-12-19-26-16-7-3-8-17-26)23-29(30)27-20-9-4-10-21-27/h2-10,14-17,20-22H,1,11-13,18-19,23H2/b28-22+. The first kappa shape index (κ1) is 21.5. The Hall–Kier alpha value is -3.19. The van der Waals surface area contributed by atoms with Gasteiger partial charge in [0.2, 0.25) is 0 Å². The topological polar surface area (TPSA) is 17.1 Å². The summed E-state index contributed by atoms with van der Waals surface area (Å²) in [6.07, 6.45) is 7.51. The molecular formula is C29H30O. The Balaban J connectivity index is 1.63. The van der Waals surface area contributed by atoms with Gasteiger partial charge in [0, 0.05) is 12.0 Å². The highest BCUT2D eigenvalue weighted by atomic mass is 16.1. The molecule has 0 fully saturated rings. The summed E-state index contributed by atoms with van der Waals surface area (Å²) in [7, 11) is 0. The Morgan fingerprint density at radius 1 is 0.733 bits per heavy atom. The van der Waals surface area contributed by atoms with Crippen LogP contribution in [0, 0.1) is 0 Å². The van der Waals surface area contributed by atoms with E-state index in [1.807, 2.05) is 42.5 Å². The fraction of sp³-hybridized carbons (Fsp3) is 0.207. The lowest BCUT2D eigenvalue weighted by Crippen LogP contribution is -2.03. The molecule has 0 saturated carbocycles. The van der Waals surface area contributed by atoms with Gasteiger partial charge in [-0.1, -0.05) is 109 Å². The van der Waals surface area contributed by atoms with Gasteiger partial charge in [0.25, 0.3) is 0 Å². The first-order valence-electron chi connectivity index (χ1n) is 10.8. The molecule has 3 aromatic rings. The van der Waals surface area contributed by atoms with Gasteiger partial charge >= 0.3 is 0 Å². The maximum absolute atomic E-state index is 12.8. The third kappa shape index (κ3) is 7.00. The van der Waals surface area contributed by atoms with E-state index in [1.165, 1.54) is 11.1 Å². The van der Waals surface area contributed by atoms with Crippen LogP contribution in [0.25, 0.3) is 0 Å². The van der Waals surface area contributed by atoms with Crippen molar-refractivity contribution in [3.63, 3.8) is 0 Å². The van der Waals surface area contributed by atoms with Gasteiger partial charge in [-0.3, -0.25) is 4.79 Å². The molecule has 0 unspecified atom stereocenters. The van der Waals surface area contributed by atoms with E-state index in [0.29, 0.717) is 6.42 Å². The largest absolute Gasteiger partial charge is 0.294 e. The maximum atomic E-state index is 12.8. The molecule has 0 aliphatic heterocycles. The monoisotopic (exact) mass is 394 g/mol. The summed E-state index contributed by atoms with van der Waals surface area (Å²) >= 11 is 0. The van der Waals surface area contributed by atoms with Crippen molar-refractivity contribution in [1.82, 2.24) is 0 Å². The van der Waals surface area contributed by atoms with Crippen LogP contribution in [-0.4, -0.2) is 5.78 Å². The van der Waals surface area contributed by atoms with E-state index in [2.05, 4.69) is 61.2 Å². The number of ketones is 1. The molecule has 0 N–H and O–H groups in total. The minimum absolute atomic E-state index is 0.158. The third-order valence-corrected chi connectivity index (χ3v) is 5.35. The smallest absolute Gasteiger partial charge is 0.167 e. The molecular weight excluding hydrogens is 364 g/mol. The minimum atomic E-state index is 0.158. The van der Waals surface area contributed by atoms with Crippen molar-refractivity contribution >= 4 is 5.78 Å². The molecule has 30 heavy (non-hydrogen) atoms. The van der Waals surface area contributed by atoms with Gasteiger partial charge in [-0.2, -0.15) is 0 Å². The van der Waals surface area contributed by atoms with Gasteiger partial charge in [-0.05, 0) is 48.8 Å². The fourth-order valence-electron chi connectivity index (χ4n) is 3.61. The van der Waals surface area contributed by atoms with Crippen LogP contribution in [0.3, 0.4) is 0 Å². The molecule has 0 amide bonds. The molecule has 1 nitrogen and oxygen atoms in total. The molecule has 0 aliphatic carbocycles. The first-order valence-corrected chi connectivity index (χ1v) is 10.8. The van der Waals surface area contributed by atoms with Crippen LogP contribution >= 0.6 is 0 Å². The van der Waals surface area contributed by atoms with Crippen LogP contribution in [0.5, 0.6) is 0 Å². The highest BCUT2D eigenvalue weighted by Crippen LogP contribution is 2.22. The molecule has 1 heteroatoms. The molecule has 3 aromatic carbocycles. The van der Waals surface area contributed by atoms with Gasteiger partial charge in [0.1, 0.15) is 0 Å². The average Bonchev–Trinajstić information content (AvgIpc) is 2.80. The molecule has 0 radical (unpaired) electrons. The minimum Gasteiger partial charge on any atom is -0.294 e. The van der Waals surface area contributed by atoms with E-state index in [4.69, 9.17) is 0 Å². The summed E-state index contributed by atoms with van der Waals surface area (Å²) in [6, 6.07) is 30.6. The summed E-state index contributed by atoms with van der Waals surface area (Å²) in [5.41, 5.74) is 5.61. The van der Waals surface area contributed by atoms with Crippen molar-refractivity contribution < 1.29 is 4.79 Å². The average molecular weight is 395 g/mol. The normalized spacial score (nSPS) is 11.3. The summed E-state index contributed by atoms with van der Waals surface area (Å²) in [6.45, 7) is 4.34. The second-order valence-electron chi connectivity index (χ2n) is 7.66. The van der Waals surface area contributed by atoms with Crippen LogP contribution in [0.15, 0.2) is 115 Å². The number of aryl methyl sites for hydroxylation is 2. The molecule has 0 aliphatic rings. The van der Waals surface area contributed by atoms with Gasteiger partial charge < -0.3 is 0 Å². The van der Waals surface area contributed by atoms with E-state index < -0.39 is 0 Å². The summed E-state index contributed by atoms with van der Waals surface area (Å²) < 4.78 is 0. The van der Waals surface area contributed by atoms with Gasteiger partial charge in [0.15, 0.2) is 5.78 Å². The molecule has 0 atom stereocenters. The summed E-state index contributed by atoms with van der Waals surface area (Å²) in [4.78, 5) is 12.8. The SMILES string of the molecule is C=C(CCCc1ccccc1)/C(=C/CCc1ccccc1)CC(=O)c1ccccc1. The van der Waals surface area contributed by atoms with E-state index in [9.17, 15) is 4.79 Å². The Morgan fingerprint density at radius 2 is 1.27 bits per heavy atom. The van der Waals surface area contributed by atoms with Crippen molar-refractivity contribution in [1.29, 1.82) is 0 Å². The van der Waals surface area contributed by atoms with Gasteiger partial charge in [-0.25, -0.2) is 0 Å². The summed E-state index contributed by atoms with van der Waals surface area (Å²) in [5, 5.41) is 0. The number of hydrogen-bond donors (Lipinski definition) is 0. The number of hydrogen-bond acceptors (Lipinski definition) is 1. The van der Waals surface area contributed by atoms with Crippen molar-refractivity contribution in [2.45, 2.75) is 38.5 Å². The highest BCUT2D eigenvalue weighted by Gasteiger charge is 2.11. The Labute approximate surface area is 180 Å². The lowest BCUT2D eigenvalue weighted by Gasteiger charge is -2.12. The van der Waals surface area contributed by atoms with Crippen molar-refractivity contribution in [3.8, 4) is 0 Å². The van der Waals surface area contributed by atoms with Crippen molar-refractivity contribution in [2.24, 2.45) is 0 Å². The second kappa shape index (κ2) is 11.7. The zero-order chi connectivity index (χ0) is 21.0. The molecule has 0 saturated heterocycles. The van der Waals surface area contributed by atoms with Crippen LogP contribution < -0.4 is 0 Å². The van der Waals surface area contributed by atoms with Crippen LogP contribution in [-0.2, 0) is 12.8 Å². The molecule has 0 spiro atoms. The summed E-state index contributed by atoms with van der Waals surface area (Å²) in [5.74, 6) is 0.158. The van der Waals surface area contributed by atoms with E-state index in [-0.39, 0.29) is 5.78 Å².